The summed E-state index contributed by atoms with van der Waals surface area (Å²) in [6.45, 7) is 0.154. The van der Waals surface area contributed by atoms with Crippen molar-refractivity contribution in [1.29, 1.82) is 0 Å². The van der Waals surface area contributed by atoms with Crippen LogP contribution in [0.2, 0.25) is 0 Å². The zero-order valence-corrected chi connectivity index (χ0v) is 16.6. The number of carbonyl (C=O) groups excluding carboxylic acids is 1. The predicted molar refractivity (Wildman–Crippen MR) is 105 cm³/mol. The highest BCUT2D eigenvalue weighted by molar-refractivity contribution is 6.47. The fourth-order valence-electron chi connectivity index (χ4n) is 3.56. The number of hydrogen-bond acceptors (Lipinski definition) is 8. The number of halogens is 2. The van der Waals surface area contributed by atoms with Crippen molar-refractivity contribution < 1.29 is 28.5 Å². The number of amides is 1. The second kappa shape index (κ2) is 8.61. The van der Waals surface area contributed by atoms with E-state index in [2.05, 4.69) is 20.3 Å². The van der Waals surface area contributed by atoms with E-state index in [9.17, 15) is 23.8 Å². The maximum absolute atomic E-state index is 14.0. The van der Waals surface area contributed by atoms with Crippen LogP contribution in [0.5, 0.6) is 0 Å². The van der Waals surface area contributed by atoms with Gasteiger partial charge < -0.3 is 25.2 Å². The van der Waals surface area contributed by atoms with E-state index in [1.54, 1.807) is 0 Å². The van der Waals surface area contributed by atoms with E-state index < -0.39 is 35.8 Å². The van der Waals surface area contributed by atoms with E-state index in [1.165, 1.54) is 18.3 Å². The SMILES string of the molecule is CN(Cc1cc(F)ccc1F)C(=O)C1=NCc2ncnc(N[C@@H]3COC[C@@H](O)[C@H]3O)c21. The molecule has 1 fully saturated rings. The Labute approximate surface area is 176 Å². The first kappa shape index (κ1) is 21.2. The minimum absolute atomic E-state index is 0.0217. The summed E-state index contributed by atoms with van der Waals surface area (Å²) in [7, 11) is 1.46. The van der Waals surface area contributed by atoms with Gasteiger partial charge in [-0.25, -0.2) is 18.7 Å². The summed E-state index contributed by atoms with van der Waals surface area (Å²) in [5.74, 6) is -1.47. The second-order valence-electron chi connectivity index (χ2n) is 7.45. The van der Waals surface area contributed by atoms with Gasteiger partial charge in [0.15, 0.2) is 0 Å². The van der Waals surface area contributed by atoms with Crippen LogP contribution in [0, 0.1) is 11.6 Å². The molecule has 2 aliphatic rings. The largest absolute Gasteiger partial charge is 0.388 e. The first-order valence-electron chi connectivity index (χ1n) is 9.63. The van der Waals surface area contributed by atoms with Crippen molar-refractivity contribution >= 4 is 17.4 Å². The molecule has 3 N–H and O–H groups in total. The van der Waals surface area contributed by atoms with Crippen LogP contribution in [0.3, 0.4) is 0 Å². The first-order valence-corrected chi connectivity index (χ1v) is 9.63. The van der Waals surface area contributed by atoms with Gasteiger partial charge in [0.25, 0.3) is 5.91 Å². The molecule has 31 heavy (non-hydrogen) atoms. The quantitative estimate of drug-likeness (QED) is 0.618. The average Bonchev–Trinajstić information content (AvgIpc) is 3.18. The Hall–Kier alpha value is -3.02. The van der Waals surface area contributed by atoms with E-state index in [0.717, 1.165) is 18.2 Å². The summed E-state index contributed by atoms with van der Waals surface area (Å²) in [6, 6.07) is 2.40. The molecule has 2 aromatic rings. The Morgan fingerprint density at radius 3 is 2.90 bits per heavy atom. The van der Waals surface area contributed by atoms with E-state index in [-0.39, 0.29) is 43.4 Å². The number of aliphatic hydroxyl groups is 2. The van der Waals surface area contributed by atoms with Crippen molar-refractivity contribution in [3.8, 4) is 0 Å². The number of anilines is 1. The number of aliphatic hydroxyl groups excluding tert-OH is 2. The smallest absolute Gasteiger partial charge is 0.272 e. The van der Waals surface area contributed by atoms with Crippen LogP contribution in [-0.2, 0) is 22.6 Å². The molecule has 0 bridgehead atoms. The van der Waals surface area contributed by atoms with Crippen LogP contribution in [-0.4, -0.2) is 75.2 Å². The van der Waals surface area contributed by atoms with E-state index in [0.29, 0.717) is 11.3 Å². The van der Waals surface area contributed by atoms with Gasteiger partial charge in [0.2, 0.25) is 0 Å². The number of carbonyl (C=O) groups is 1. The minimum atomic E-state index is -1.09. The number of ether oxygens (including phenoxy) is 1. The third kappa shape index (κ3) is 4.24. The summed E-state index contributed by atoms with van der Waals surface area (Å²) in [5.41, 5.74) is 0.988. The van der Waals surface area contributed by atoms with Crippen LogP contribution in [0.15, 0.2) is 29.5 Å². The van der Waals surface area contributed by atoms with Crippen LogP contribution < -0.4 is 5.32 Å². The molecule has 0 unspecified atom stereocenters. The highest BCUT2D eigenvalue weighted by Crippen LogP contribution is 2.26. The average molecular weight is 433 g/mol. The lowest BCUT2D eigenvalue weighted by atomic mass is 10.0. The normalized spacial score (nSPS) is 22.6. The second-order valence-corrected chi connectivity index (χ2v) is 7.45. The van der Waals surface area contributed by atoms with Crippen molar-refractivity contribution in [1.82, 2.24) is 14.9 Å². The van der Waals surface area contributed by atoms with Gasteiger partial charge in [-0.15, -0.1) is 0 Å². The number of aromatic nitrogens is 2. The molecule has 0 spiro atoms. The Bertz CT molecular complexity index is 1030. The number of aliphatic imine (C=N–C) groups is 1. The van der Waals surface area contributed by atoms with Crippen LogP contribution in [0.1, 0.15) is 16.8 Å². The van der Waals surface area contributed by atoms with Crippen molar-refractivity contribution in [3.05, 3.63) is 53.0 Å². The third-order valence-electron chi connectivity index (χ3n) is 5.23. The molecule has 2 aliphatic heterocycles. The molecule has 1 amide bonds. The number of likely N-dealkylation sites (N-methyl/N-ethyl adjacent to an activating group) is 1. The van der Waals surface area contributed by atoms with Crippen molar-refractivity contribution in [2.45, 2.75) is 31.3 Å². The number of hydrogen-bond donors (Lipinski definition) is 3. The minimum Gasteiger partial charge on any atom is -0.388 e. The van der Waals surface area contributed by atoms with Gasteiger partial charge in [-0.05, 0) is 18.2 Å². The predicted octanol–water partition coefficient (Wildman–Crippen LogP) is 0.249. The van der Waals surface area contributed by atoms with Gasteiger partial charge in [0.1, 0.15) is 41.7 Å². The highest BCUT2D eigenvalue weighted by atomic mass is 19.1. The maximum Gasteiger partial charge on any atom is 0.272 e. The lowest BCUT2D eigenvalue weighted by Crippen LogP contribution is -2.51. The van der Waals surface area contributed by atoms with Crippen LogP contribution >= 0.6 is 0 Å². The summed E-state index contributed by atoms with van der Waals surface area (Å²) < 4.78 is 32.7. The molecule has 11 heteroatoms. The van der Waals surface area contributed by atoms with Gasteiger partial charge in [-0.1, -0.05) is 0 Å². The number of benzene rings is 1. The van der Waals surface area contributed by atoms with E-state index in [1.807, 2.05) is 0 Å². The zero-order valence-electron chi connectivity index (χ0n) is 16.6. The molecule has 1 saturated heterocycles. The fraction of sp³-hybridized carbons (Fsp3) is 0.400. The highest BCUT2D eigenvalue weighted by Gasteiger charge is 2.35. The first-order chi connectivity index (χ1) is 14.8. The van der Waals surface area contributed by atoms with E-state index in [4.69, 9.17) is 4.74 Å². The van der Waals surface area contributed by atoms with Crippen LogP contribution in [0.4, 0.5) is 14.6 Å². The van der Waals surface area contributed by atoms with Crippen molar-refractivity contribution in [3.63, 3.8) is 0 Å². The standard InChI is InChI=1S/C20H21F2N5O4/c1-27(6-10-4-11(21)2-3-12(10)22)20(30)17-16-13(5-23-17)24-9-25-19(16)26-14-7-31-8-15(28)18(14)29/h2-4,9,14-15,18,28-29H,5-8H2,1H3,(H,24,25,26)/t14-,15-,18+/m1/s1. The molecule has 3 atom stereocenters. The Morgan fingerprint density at radius 2 is 2.10 bits per heavy atom. The van der Waals surface area contributed by atoms with Crippen molar-refractivity contribution in [2.24, 2.45) is 4.99 Å². The Kier molecular flexibility index (Phi) is 5.90. The lowest BCUT2D eigenvalue weighted by molar-refractivity contribution is -0.123. The Balaban J connectivity index is 1.56. The molecular weight excluding hydrogens is 412 g/mol. The number of fused-ring (bicyclic) bond motifs is 1. The van der Waals surface area contributed by atoms with Crippen molar-refractivity contribution in [2.75, 3.05) is 25.6 Å². The molecule has 0 radical (unpaired) electrons. The fourth-order valence-corrected chi connectivity index (χ4v) is 3.56. The molecule has 4 rings (SSSR count). The van der Waals surface area contributed by atoms with Gasteiger partial charge in [-0.3, -0.25) is 9.79 Å². The third-order valence-corrected chi connectivity index (χ3v) is 5.23. The Morgan fingerprint density at radius 1 is 1.29 bits per heavy atom. The maximum atomic E-state index is 14.0. The summed E-state index contributed by atoms with van der Waals surface area (Å²) in [4.78, 5) is 26.9. The molecular formula is C20H21F2N5O4. The summed E-state index contributed by atoms with van der Waals surface area (Å²) in [6.07, 6.45) is -0.832. The molecule has 164 valence electrons. The summed E-state index contributed by atoms with van der Waals surface area (Å²) in [5, 5.41) is 23.0. The van der Waals surface area contributed by atoms with Gasteiger partial charge in [0, 0.05) is 19.2 Å². The molecule has 9 nitrogen and oxygen atoms in total. The van der Waals surface area contributed by atoms with Crippen LogP contribution in [0.25, 0.3) is 0 Å². The monoisotopic (exact) mass is 433 g/mol. The molecule has 0 aliphatic carbocycles. The molecule has 1 aromatic carbocycles. The zero-order chi connectivity index (χ0) is 22.1. The van der Waals surface area contributed by atoms with Gasteiger partial charge in [-0.2, -0.15) is 0 Å². The molecule has 1 aromatic heterocycles. The van der Waals surface area contributed by atoms with Gasteiger partial charge >= 0.3 is 0 Å². The lowest BCUT2D eigenvalue weighted by Gasteiger charge is -2.33. The summed E-state index contributed by atoms with van der Waals surface area (Å²) >= 11 is 0. The van der Waals surface area contributed by atoms with Gasteiger partial charge in [0.05, 0.1) is 37.1 Å². The number of nitrogens with one attached hydrogen (secondary N) is 1. The number of rotatable bonds is 5. The molecule has 0 saturated carbocycles. The topological polar surface area (TPSA) is 120 Å². The number of nitrogens with zero attached hydrogens (tertiary/aromatic N) is 4. The molecule has 3 heterocycles. The van der Waals surface area contributed by atoms with E-state index >= 15 is 0 Å².